The van der Waals surface area contributed by atoms with Gasteiger partial charge in [0.05, 0.1) is 30.1 Å². The van der Waals surface area contributed by atoms with Gasteiger partial charge in [-0.05, 0) is 95.7 Å². The average molecular weight is 507 g/mol. The second-order valence-electron chi connectivity index (χ2n) is 13.9. The maximum atomic E-state index is 13.7. The minimum atomic E-state index is -1.92. The van der Waals surface area contributed by atoms with Crippen LogP contribution in [0.3, 0.4) is 0 Å². The zero-order valence-electron chi connectivity index (χ0n) is 22.2. The Balaban J connectivity index is 1.65. The van der Waals surface area contributed by atoms with Gasteiger partial charge in [-0.3, -0.25) is 9.59 Å². The summed E-state index contributed by atoms with van der Waals surface area (Å²) in [6.07, 6.45) is 4.60. The van der Waals surface area contributed by atoms with Crippen LogP contribution in [0.4, 0.5) is 0 Å². The molecule has 4 aliphatic carbocycles. The fourth-order valence-corrected chi connectivity index (χ4v) is 11.8. The lowest BCUT2D eigenvalue weighted by Crippen LogP contribution is -2.56. The lowest BCUT2D eigenvalue weighted by Gasteiger charge is -2.48. The molecule has 0 N–H and O–H groups in total. The number of hydrogen-bond acceptors (Lipinski definition) is 6. The van der Waals surface area contributed by atoms with Crippen molar-refractivity contribution in [2.24, 2.45) is 28.6 Å². The average Bonchev–Trinajstić information content (AvgIpc) is 3.12. The highest BCUT2D eigenvalue weighted by Gasteiger charge is 2.84. The fourth-order valence-electron chi connectivity index (χ4n) is 9.07. The van der Waals surface area contributed by atoms with Gasteiger partial charge in [-0.1, -0.05) is 6.58 Å². The molecule has 6 nitrogen and oxygen atoms in total. The Bertz CT molecular complexity index is 952. The highest BCUT2D eigenvalue weighted by Crippen LogP contribution is 2.79. The predicted octanol–water partition coefficient (Wildman–Crippen LogP) is 5.06. The number of esters is 2. The molecule has 0 aromatic rings. The molecule has 8 atom stereocenters. The predicted molar refractivity (Wildman–Crippen MR) is 134 cm³/mol. The summed E-state index contributed by atoms with van der Waals surface area (Å²) in [5, 5.41) is 0. The Kier molecular flexibility index (Phi) is 5.14. The molecular formula is C26H42O6Si2. The van der Waals surface area contributed by atoms with Crippen LogP contribution in [-0.2, 0) is 27.9 Å². The van der Waals surface area contributed by atoms with Crippen LogP contribution in [0.1, 0.15) is 45.4 Å². The van der Waals surface area contributed by atoms with Gasteiger partial charge in [0.25, 0.3) is 0 Å². The largest absolute Gasteiger partial charge is 0.469 e. The number of ether oxygens (including phenoxy) is 2. The second kappa shape index (κ2) is 7.08. The van der Waals surface area contributed by atoms with E-state index in [1.807, 2.05) is 6.92 Å². The van der Waals surface area contributed by atoms with E-state index < -0.39 is 33.6 Å². The fraction of sp³-hybridized carbons (Fsp3) is 0.846. The third-order valence-electron chi connectivity index (χ3n) is 9.69. The smallest absolute Gasteiger partial charge is 0.315 e. The molecule has 5 fully saturated rings. The maximum Gasteiger partial charge on any atom is 0.315 e. The Labute approximate surface area is 206 Å². The second-order valence-corrected chi connectivity index (χ2v) is 22.7. The van der Waals surface area contributed by atoms with Crippen LogP contribution >= 0.6 is 0 Å². The van der Waals surface area contributed by atoms with E-state index in [1.54, 1.807) is 0 Å². The van der Waals surface area contributed by atoms with Crippen LogP contribution in [0.5, 0.6) is 0 Å². The van der Waals surface area contributed by atoms with Gasteiger partial charge in [0, 0.05) is 11.8 Å². The lowest BCUT2D eigenvalue weighted by atomic mass is 9.59. The third-order valence-corrected chi connectivity index (χ3v) is 11.7. The zero-order chi connectivity index (χ0) is 25.1. The molecular weight excluding hydrogens is 464 g/mol. The van der Waals surface area contributed by atoms with Crippen LogP contribution < -0.4 is 0 Å². The minimum absolute atomic E-state index is 0.116. The van der Waals surface area contributed by atoms with Crippen molar-refractivity contribution < 1.29 is 27.9 Å². The van der Waals surface area contributed by atoms with Gasteiger partial charge in [0.2, 0.25) is 0 Å². The van der Waals surface area contributed by atoms with Crippen molar-refractivity contribution in [2.75, 3.05) is 7.11 Å². The van der Waals surface area contributed by atoms with Gasteiger partial charge in [-0.25, -0.2) is 0 Å². The first-order chi connectivity index (χ1) is 15.5. The molecule has 1 spiro atoms. The number of fused-ring (bicyclic) bond motifs is 1. The molecule has 0 radical (unpaired) electrons. The molecule has 1 heterocycles. The lowest BCUT2D eigenvalue weighted by molar-refractivity contribution is -0.164. The summed E-state index contributed by atoms with van der Waals surface area (Å²) in [7, 11) is -2.31. The molecule has 8 heteroatoms. The summed E-state index contributed by atoms with van der Waals surface area (Å²) in [6.45, 7) is 19.7. The van der Waals surface area contributed by atoms with E-state index in [2.05, 4.69) is 45.9 Å². The van der Waals surface area contributed by atoms with E-state index in [4.69, 9.17) is 18.3 Å². The monoisotopic (exact) mass is 506 g/mol. The van der Waals surface area contributed by atoms with Crippen molar-refractivity contribution in [3.63, 3.8) is 0 Å². The van der Waals surface area contributed by atoms with E-state index in [0.29, 0.717) is 0 Å². The number of carbonyl (C=O) groups is 2. The van der Waals surface area contributed by atoms with Crippen LogP contribution in [0.15, 0.2) is 12.2 Å². The molecule has 1 saturated heterocycles. The van der Waals surface area contributed by atoms with Crippen molar-refractivity contribution in [3.05, 3.63) is 12.2 Å². The Morgan fingerprint density at radius 1 is 1.09 bits per heavy atom. The van der Waals surface area contributed by atoms with Gasteiger partial charge in [-0.15, -0.1) is 0 Å². The van der Waals surface area contributed by atoms with E-state index in [1.165, 1.54) is 7.11 Å². The van der Waals surface area contributed by atoms with Crippen molar-refractivity contribution in [1.29, 1.82) is 0 Å². The molecule has 4 saturated carbocycles. The summed E-state index contributed by atoms with van der Waals surface area (Å²) >= 11 is 0. The standard InChI is InChI=1S/C26H42O6Si2/c1-16-14-24-15-25(16,32-34(7,8)9)12-10-17(24)26-13-11-18(31-33(4,5)6)23(2,22(28)30-26)20(26)19(24)21(27)29-3/h17-20H,1,10-15H2,2-9H3/t17?,18-,19?,20?,23?,24+,25+,26-/m1/s1. The van der Waals surface area contributed by atoms with E-state index in [9.17, 15) is 9.59 Å². The highest BCUT2D eigenvalue weighted by atomic mass is 28.4. The SMILES string of the molecule is C=C1C[C@]23C[C@@]1(O[Si](C)(C)C)CCC2[C@@]12CC[C@@H](O[Si](C)(C)C)C(C)(C(=O)O1)C2C3C(=O)OC. The normalized spacial score (nSPS) is 47.3. The number of carbonyl (C=O) groups excluding carboxylic acids is 2. The van der Waals surface area contributed by atoms with E-state index in [0.717, 1.165) is 44.1 Å². The summed E-state index contributed by atoms with van der Waals surface area (Å²) in [5.41, 5.74) is -1.09. The van der Waals surface area contributed by atoms with E-state index in [-0.39, 0.29) is 40.9 Å². The third kappa shape index (κ3) is 3.04. The summed E-state index contributed by atoms with van der Waals surface area (Å²) in [5.74, 6) is -0.947. The van der Waals surface area contributed by atoms with Crippen molar-refractivity contribution in [2.45, 2.75) is 102 Å². The van der Waals surface area contributed by atoms with Crippen LogP contribution in [-0.4, -0.2) is 53.0 Å². The molecule has 0 aromatic heterocycles. The molecule has 1 aliphatic heterocycles. The van der Waals surface area contributed by atoms with Crippen molar-refractivity contribution in [3.8, 4) is 0 Å². The molecule has 0 aromatic carbocycles. The van der Waals surface area contributed by atoms with Gasteiger partial charge < -0.3 is 18.3 Å². The van der Waals surface area contributed by atoms with Gasteiger partial charge in [0.1, 0.15) is 5.60 Å². The molecule has 4 unspecified atom stereocenters. The van der Waals surface area contributed by atoms with E-state index >= 15 is 0 Å². The molecule has 34 heavy (non-hydrogen) atoms. The van der Waals surface area contributed by atoms with Gasteiger partial charge in [0.15, 0.2) is 16.6 Å². The molecule has 5 rings (SSSR count). The zero-order valence-corrected chi connectivity index (χ0v) is 24.2. The quantitative estimate of drug-likeness (QED) is 0.295. The number of hydrogen-bond donors (Lipinski definition) is 0. The van der Waals surface area contributed by atoms with Crippen molar-refractivity contribution in [1.82, 2.24) is 0 Å². The first-order valence-corrected chi connectivity index (χ1v) is 19.7. The first-order valence-electron chi connectivity index (χ1n) is 12.9. The number of methoxy groups -OCH3 is 1. The van der Waals surface area contributed by atoms with Crippen LogP contribution in [0.2, 0.25) is 39.3 Å². The van der Waals surface area contributed by atoms with Gasteiger partial charge >= 0.3 is 11.9 Å². The Hall–Kier alpha value is -0.966. The first kappa shape index (κ1) is 24.7. The number of rotatable bonds is 5. The molecule has 0 amide bonds. The Morgan fingerprint density at radius 3 is 2.35 bits per heavy atom. The molecule has 5 aliphatic rings. The van der Waals surface area contributed by atoms with Crippen molar-refractivity contribution >= 4 is 28.6 Å². The van der Waals surface area contributed by atoms with Crippen LogP contribution in [0.25, 0.3) is 0 Å². The summed E-state index contributed by atoms with van der Waals surface area (Å²) in [6, 6.07) is 0. The molecule has 190 valence electrons. The summed E-state index contributed by atoms with van der Waals surface area (Å²) in [4.78, 5) is 27.3. The summed E-state index contributed by atoms with van der Waals surface area (Å²) < 4.78 is 25.5. The topological polar surface area (TPSA) is 71.1 Å². The van der Waals surface area contributed by atoms with Crippen LogP contribution in [0, 0.1) is 28.6 Å². The highest BCUT2D eigenvalue weighted by molar-refractivity contribution is 6.70. The maximum absolute atomic E-state index is 13.7. The Morgan fingerprint density at radius 2 is 1.76 bits per heavy atom. The minimum Gasteiger partial charge on any atom is -0.469 e. The molecule has 4 bridgehead atoms. The van der Waals surface area contributed by atoms with Gasteiger partial charge in [-0.2, -0.15) is 0 Å².